The molecule has 0 heterocycles. The highest BCUT2D eigenvalue weighted by Gasteiger charge is 1.81. The molecule has 0 aromatic rings. The number of hydrogen-bond donors (Lipinski definition) is 1. The number of rotatable bonds is 3. The van der Waals surface area contributed by atoms with Gasteiger partial charge in [-0.2, -0.15) is 0 Å². The lowest BCUT2D eigenvalue weighted by Gasteiger charge is -1.91. The van der Waals surface area contributed by atoms with E-state index in [-0.39, 0.29) is 0 Å². The largest absolute Gasteiger partial charge is 0.308 e. The van der Waals surface area contributed by atoms with Gasteiger partial charge in [0.05, 0.1) is 7.11 Å². The fourth-order valence-corrected chi connectivity index (χ4v) is 0.479. The summed E-state index contributed by atoms with van der Waals surface area (Å²) in [4.78, 5) is 3.75. The highest BCUT2D eigenvalue weighted by atomic mass is 16.6. The molecule has 0 rings (SSSR count). The smallest absolute Gasteiger partial charge is 0.0569 e. The van der Waals surface area contributed by atoms with Crippen LogP contribution in [0.3, 0.4) is 0 Å². The molecule has 2 N–H and O–H groups in total. The highest BCUT2D eigenvalue weighted by Crippen LogP contribution is 2.01. The van der Waals surface area contributed by atoms with Crippen molar-refractivity contribution in [2.45, 2.75) is 33.1 Å². The molecular weight excluding hydrogens is 174 g/mol. The van der Waals surface area contributed by atoms with Gasteiger partial charge in [-0.1, -0.05) is 18.9 Å². The summed E-state index contributed by atoms with van der Waals surface area (Å²) in [5, 5.41) is 0. The van der Waals surface area contributed by atoms with Crippen molar-refractivity contribution in [1.82, 2.24) is 0 Å². The topological polar surface area (TPSA) is 35.2 Å². The number of unbranched alkanes of at least 4 members (excludes halogenated alkanes) is 1. The molecule has 0 aliphatic heterocycles. The van der Waals surface area contributed by atoms with Crippen LogP contribution in [0.1, 0.15) is 33.1 Å². The van der Waals surface area contributed by atoms with E-state index in [0.717, 1.165) is 0 Å². The zero-order chi connectivity index (χ0) is 12.4. The maximum absolute atomic E-state index is 4.35. The second-order valence-electron chi connectivity index (χ2n) is 2.30. The molecule has 0 fully saturated rings. The molecule has 0 saturated carbocycles. The van der Waals surface area contributed by atoms with Crippen LogP contribution in [-0.2, 0) is 4.84 Å². The Labute approximate surface area is 90.1 Å². The number of hydrogen-bond acceptors (Lipinski definition) is 2. The summed E-state index contributed by atoms with van der Waals surface area (Å²) in [5.41, 5.74) is 1.31. The zero-order valence-electron chi connectivity index (χ0n) is 10.1. The predicted molar refractivity (Wildman–Crippen MR) is 68.0 cm³/mol. The molecule has 0 spiro atoms. The van der Waals surface area contributed by atoms with Gasteiger partial charge >= 0.3 is 0 Å². The molecule has 0 aliphatic carbocycles. The summed E-state index contributed by atoms with van der Waals surface area (Å²) in [5.74, 6) is 4.35. The summed E-state index contributed by atoms with van der Waals surface area (Å²) >= 11 is 0. The van der Waals surface area contributed by atoms with Crippen molar-refractivity contribution in [2.75, 3.05) is 7.11 Å². The van der Waals surface area contributed by atoms with Crippen LogP contribution in [0.2, 0.25) is 0 Å². The molecule has 0 amide bonds. The van der Waals surface area contributed by atoms with E-state index in [1.165, 1.54) is 31.9 Å². The van der Waals surface area contributed by atoms with Crippen molar-refractivity contribution in [3.8, 4) is 0 Å². The summed E-state index contributed by atoms with van der Waals surface area (Å²) in [6, 6.07) is 0. The molecular formula is C12H27NO. The maximum atomic E-state index is 4.35. The molecule has 86 valence electrons. The molecule has 2 heteroatoms. The van der Waals surface area contributed by atoms with E-state index in [9.17, 15) is 0 Å². The molecule has 0 atom stereocenters. The SMILES string of the molecule is C=C.C=C.C=C(C)CCCC.CON. The first-order chi connectivity index (χ1) is 6.68. The summed E-state index contributed by atoms with van der Waals surface area (Å²) < 4.78 is 0. The average molecular weight is 201 g/mol. The lowest BCUT2D eigenvalue weighted by atomic mass is 10.2. The molecule has 0 aromatic carbocycles. The van der Waals surface area contributed by atoms with Crippen molar-refractivity contribution in [2.24, 2.45) is 5.90 Å². The Morgan fingerprint density at radius 3 is 1.57 bits per heavy atom. The van der Waals surface area contributed by atoms with Crippen LogP contribution in [0.25, 0.3) is 0 Å². The molecule has 0 radical (unpaired) electrons. The molecule has 0 saturated heterocycles. The van der Waals surface area contributed by atoms with Gasteiger partial charge in [-0.05, 0) is 19.8 Å². The van der Waals surface area contributed by atoms with Crippen LogP contribution < -0.4 is 5.90 Å². The second kappa shape index (κ2) is 40.0. The Morgan fingerprint density at radius 1 is 1.21 bits per heavy atom. The van der Waals surface area contributed by atoms with Crippen LogP contribution in [0.4, 0.5) is 0 Å². The standard InChI is InChI=1S/C7H14.2C2H4.CH5NO/c1-4-5-6-7(2)3;2*1-2;1-3-2/h2,4-6H2,1,3H3;2*1-2H2;2H2,1H3. The normalized spacial score (nSPS) is 6.29. The summed E-state index contributed by atoms with van der Waals surface area (Å²) in [6.07, 6.45) is 3.79. The minimum Gasteiger partial charge on any atom is -0.308 e. The predicted octanol–water partition coefficient (Wildman–Crippen LogP) is 3.86. The Bertz CT molecular complexity index is 90.3. The summed E-state index contributed by atoms with van der Waals surface area (Å²) in [6.45, 7) is 20.1. The van der Waals surface area contributed by atoms with E-state index >= 15 is 0 Å². The van der Waals surface area contributed by atoms with E-state index in [4.69, 9.17) is 0 Å². The van der Waals surface area contributed by atoms with Gasteiger partial charge in [-0.15, -0.1) is 32.9 Å². The third-order valence-electron chi connectivity index (χ3n) is 0.957. The van der Waals surface area contributed by atoms with Crippen molar-refractivity contribution >= 4 is 0 Å². The van der Waals surface area contributed by atoms with Gasteiger partial charge in [0.2, 0.25) is 0 Å². The van der Waals surface area contributed by atoms with Crippen LogP contribution >= 0.6 is 0 Å². The van der Waals surface area contributed by atoms with Gasteiger partial charge in [0.25, 0.3) is 0 Å². The van der Waals surface area contributed by atoms with Crippen LogP contribution in [0, 0.1) is 0 Å². The fourth-order valence-electron chi connectivity index (χ4n) is 0.479. The Morgan fingerprint density at radius 2 is 1.50 bits per heavy atom. The third kappa shape index (κ3) is 116. The highest BCUT2D eigenvalue weighted by molar-refractivity contribution is 4.86. The van der Waals surface area contributed by atoms with Gasteiger partial charge in [0.1, 0.15) is 0 Å². The van der Waals surface area contributed by atoms with E-state index in [1.807, 2.05) is 0 Å². The van der Waals surface area contributed by atoms with Crippen molar-refractivity contribution < 1.29 is 4.84 Å². The number of nitrogens with two attached hydrogens (primary N) is 1. The molecule has 0 unspecified atom stereocenters. The third-order valence-corrected chi connectivity index (χ3v) is 0.957. The summed E-state index contributed by atoms with van der Waals surface area (Å²) in [7, 11) is 1.40. The van der Waals surface area contributed by atoms with Crippen LogP contribution in [0.5, 0.6) is 0 Å². The molecule has 2 nitrogen and oxygen atoms in total. The minimum atomic E-state index is 1.20. The average Bonchev–Trinajstić information content (AvgIpc) is 2.22. The van der Waals surface area contributed by atoms with Gasteiger partial charge in [-0.25, -0.2) is 5.90 Å². The van der Waals surface area contributed by atoms with Crippen molar-refractivity contribution in [3.63, 3.8) is 0 Å². The van der Waals surface area contributed by atoms with Gasteiger partial charge < -0.3 is 4.84 Å². The lowest BCUT2D eigenvalue weighted by Crippen LogP contribution is -1.86. The fraction of sp³-hybridized carbons (Fsp3) is 0.500. The van der Waals surface area contributed by atoms with Gasteiger partial charge in [0, 0.05) is 0 Å². The van der Waals surface area contributed by atoms with E-state index in [0.29, 0.717) is 0 Å². The molecule has 0 aliphatic rings. The van der Waals surface area contributed by atoms with Gasteiger partial charge in [-0.3, -0.25) is 0 Å². The maximum Gasteiger partial charge on any atom is 0.0569 e. The minimum absolute atomic E-state index is 1.20. The van der Waals surface area contributed by atoms with E-state index in [2.05, 4.69) is 57.5 Å². The number of allylic oxidation sites excluding steroid dienone is 1. The van der Waals surface area contributed by atoms with Gasteiger partial charge in [0.15, 0.2) is 0 Å². The first-order valence-corrected chi connectivity index (χ1v) is 4.56. The van der Waals surface area contributed by atoms with E-state index in [1.54, 1.807) is 0 Å². The quantitative estimate of drug-likeness (QED) is 0.556. The van der Waals surface area contributed by atoms with Crippen LogP contribution in [-0.4, -0.2) is 7.11 Å². The van der Waals surface area contributed by atoms with Crippen LogP contribution in [0.15, 0.2) is 38.5 Å². The monoisotopic (exact) mass is 201 g/mol. The van der Waals surface area contributed by atoms with E-state index < -0.39 is 0 Å². The second-order valence-corrected chi connectivity index (χ2v) is 2.30. The van der Waals surface area contributed by atoms with Crippen molar-refractivity contribution in [3.05, 3.63) is 38.5 Å². The lowest BCUT2D eigenvalue weighted by molar-refractivity contribution is 0.206. The first kappa shape index (κ1) is 23.2. The molecule has 14 heavy (non-hydrogen) atoms. The first-order valence-electron chi connectivity index (χ1n) is 4.56. The Balaban J connectivity index is -0.0000000603. The molecule has 0 aromatic heterocycles. The Kier molecular flexibility index (Phi) is 66.2. The molecule has 0 bridgehead atoms. The Hall–Kier alpha value is -0.860. The van der Waals surface area contributed by atoms with Crippen molar-refractivity contribution in [1.29, 1.82) is 0 Å². The zero-order valence-corrected chi connectivity index (χ0v) is 10.1.